The van der Waals surface area contributed by atoms with E-state index in [1.807, 2.05) is 0 Å². The molecule has 1 amide bonds. The quantitative estimate of drug-likeness (QED) is 0.754. The summed E-state index contributed by atoms with van der Waals surface area (Å²) in [5.74, 6) is 0.0742. The maximum atomic E-state index is 11.8. The molecule has 2 atom stereocenters. The van der Waals surface area contributed by atoms with E-state index in [9.17, 15) is 4.79 Å². The van der Waals surface area contributed by atoms with Gasteiger partial charge in [-0.1, -0.05) is 27.7 Å². The topological polar surface area (TPSA) is 47.6 Å². The van der Waals surface area contributed by atoms with Crippen LogP contribution in [-0.2, 0) is 14.1 Å². The van der Waals surface area contributed by atoms with Crippen molar-refractivity contribution >= 4 is 13.0 Å². The average Bonchev–Trinajstić information content (AvgIpc) is 2.82. The Labute approximate surface area is 154 Å². The predicted octanol–water partition coefficient (Wildman–Crippen LogP) is 4.58. The van der Waals surface area contributed by atoms with Crippen molar-refractivity contribution < 1.29 is 14.1 Å². The predicted molar refractivity (Wildman–Crippen MR) is 103 cm³/mol. The summed E-state index contributed by atoms with van der Waals surface area (Å²) in [5.41, 5.74) is -0.400. The number of carbonyl (C=O) groups excluding carboxylic acids is 1. The average molecular weight is 351 g/mol. The third-order valence-electron chi connectivity index (χ3n) is 7.02. The van der Waals surface area contributed by atoms with Gasteiger partial charge in [0, 0.05) is 12.5 Å². The van der Waals surface area contributed by atoms with E-state index in [2.05, 4.69) is 60.7 Å². The second-order valence-corrected chi connectivity index (χ2v) is 10.7. The molecule has 144 valence electrons. The molecule has 1 aliphatic carbocycles. The van der Waals surface area contributed by atoms with Crippen LogP contribution < -0.4 is 5.32 Å². The summed E-state index contributed by atoms with van der Waals surface area (Å²) in [6.07, 6.45) is 5.15. The second-order valence-electron chi connectivity index (χ2n) is 10.7. The van der Waals surface area contributed by atoms with Crippen LogP contribution in [0.4, 0.5) is 0 Å². The summed E-state index contributed by atoms with van der Waals surface area (Å²) < 4.78 is 12.3. The van der Waals surface area contributed by atoms with E-state index in [0.717, 1.165) is 32.0 Å². The van der Waals surface area contributed by atoms with E-state index < -0.39 is 0 Å². The van der Waals surface area contributed by atoms with Gasteiger partial charge in [-0.2, -0.15) is 0 Å². The van der Waals surface area contributed by atoms with Crippen LogP contribution in [0.3, 0.4) is 0 Å². The fourth-order valence-corrected chi connectivity index (χ4v) is 4.45. The molecule has 0 aromatic carbocycles. The van der Waals surface area contributed by atoms with Crippen molar-refractivity contribution in [3.8, 4) is 0 Å². The standard InChI is InChI=1S/C20H38BNO3/c1-15(23)22-20(16(2,3)4)11-10-19(9,14-20)12-13-21-24-17(5,6)18(7,8)25-21/h10-14H2,1-9H3,(H,22,23). The van der Waals surface area contributed by atoms with Gasteiger partial charge in [-0.15, -0.1) is 0 Å². The largest absolute Gasteiger partial charge is 0.457 e. The molecule has 1 heterocycles. The van der Waals surface area contributed by atoms with E-state index in [4.69, 9.17) is 9.31 Å². The monoisotopic (exact) mass is 351 g/mol. The lowest BCUT2D eigenvalue weighted by Crippen LogP contribution is -2.55. The molecule has 2 aliphatic rings. The number of hydrogen-bond donors (Lipinski definition) is 1. The molecule has 1 aliphatic heterocycles. The zero-order valence-corrected chi connectivity index (χ0v) is 17.8. The van der Waals surface area contributed by atoms with Gasteiger partial charge in [-0.05, 0) is 70.5 Å². The maximum absolute atomic E-state index is 11.8. The van der Waals surface area contributed by atoms with Gasteiger partial charge in [0.2, 0.25) is 5.91 Å². The van der Waals surface area contributed by atoms with Gasteiger partial charge >= 0.3 is 7.12 Å². The SMILES string of the molecule is CC(=O)NC1(C(C)(C)C)CCC(C)(CCB2OC(C)(C)C(C)(C)O2)C1. The minimum Gasteiger partial charge on any atom is -0.403 e. The molecule has 1 saturated heterocycles. The Morgan fingerprint density at radius 1 is 1.04 bits per heavy atom. The Kier molecular flexibility index (Phi) is 5.20. The molecular weight excluding hydrogens is 313 g/mol. The van der Waals surface area contributed by atoms with Crippen LogP contribution in [0.15, 0.2) is 0 Å². The lowest BCUT2D eigenvalue weighted by Gasteiger charge is -2.44. The normalized spacial score (nSPS) is 34.4. The minimum atomic E-state index is -0.264. The van der Waals surface area contributed by atoms with Crippen LogP contribution in [0.1, 0.15) is 88.0 Å². The maximum Gasteiger partial charge on any atom is 0.457 e. The summed E-state index contributed by atoms with van der Waals surface area (Å²) in [4.78, 5) is 11.8. The molecule has 2 unspecified atom stereocenters. The van der Waals surface area contributed by atoms with Crippen LogP contribution in [0.25, 0.3) is 0 Å². The van der Waals surface area contributed by atoms with Gasteiger partial charge in [0.25, 0.3) is 0 Å². The molecule has 2 rings (SSSR count). The lowest BCUT2D eigenvalue weighted by atomic mass is 9.68. The van der Waals surface area contributed by atoms with E-state index in [1.54, 1.807) is 6.92 Å². The first-order chi connectivity index (χ1) is 11.1. The number of nitrogens with one attached hydrogen (secondary N) is 1. The fourth-order valence-electron chi connectivity index (χ4n) is 4.45. The van der Waals surface area contributed by atoms with Crippen molar-refractivity contribution in [2.45, 2.75) is 111 Å². The first kappa shape index (κ1) is 20.8. The number of hydrogen-bond acceptors (Lipinski definition) is 3. The van der Waals surface area contributed by atoms with Gasteiger partial charge in [0.05, 0.1) is 11.2 Å². The molecule has 1 N–H and O–H groups in total. The Bertz CT molecular complexity index is 510. The molecule has 25 heavy (non-hydrogen) atoms. The molecule has 4 nitrogen and oxygen atoms in total. The van der Waals surface area contributed by atoms with Gasteiger partial charge in [-0.3, -0.25) is 4.79 Å². The third-order valence-corrected chi connectivity index (χ3v) is 7.02. The highest BCUT2D eigenvalue weighted by molar-refractivity contribution is 6.45. The first-order valence-corrected chi connectivity index (χ1v) is 9.76. The zero-order valence-electron chi connectivity index (χ0n) is 17.8. The van der Waals surface area contributed by atoms with Crippen LogP contribution in [0, 0.1) is 10.8 Å². The Morgan fingerprint density at radius 3 is 2.00 bits per heavy atom. The molecule has 5 heteroatoms. The third kappa shape index (κ3) is 4.08. The van der Waals surface area contributed by atoms with Crippen molar-refractivity contribution in [3.05, 3.63) is 0 Å². The zero-order chi connectivity index (χ0) is 19.3. The molecular formula is C20H38BNO3. The highest BCUT2D eigenvalue weighted by Crippen LogP contribution is 2.54. The van der Waals surface area contributed by atoms with Crippen LogP contribution in [-0.4, -0.2) is 29.8 Å². The molecule has 0 aromatic heterocycles. The number of amides is 1. The van der Waals surface area contributed by atoms with E-state index in [0.29, 0.717) is 0 Å². The van der Waals surface area contributed by atoms with Crippen molar-refractivity contribution in [2.75, 3.05) is 0 Å². The van der Waals surface area contributed by atoms with Crippen molar-refractivity contribution in [2.24, 2.45) is 10.8 Å². The summed E-state index contributed by atoms with van der Waals surface area (Å²) in [7, 11) is -0.132. The first-order valence-electron chi connectivity index (χ1n) is 9.76. The van der Waals surface area contributed by atoms with Crippen LogP contribution in [0.2, 0.25) is 6.32 Å². The van der Waals surface area contributed by atoms with Crippen LogP contribution in [0.5, 0.6) is 0 Å². The Balaban J connectivity index is 2.03. The summed E-state index contributed by atoms with van der Waals surface area (Å²) in [6, 6.07) is 0. The minimum absolute atomic E-state index is 0.0424. The van der Waals surface area contributed by atoms with Crippen molar-refractivity contribution in [1.29, 1.82) is 0 Å². The smallest absolute Gasteiger partial charge is 0.403 e. The second kappa shape index (κ2) is 6.26. The highest BCUT2D eigenvalue weighted by Gasteiger charge is 2.54. The van der Waals surface area contributed by atoms with Gasteiger partial charge < -0.3 is 14.6 Å². The number of rotatable bonds is 4. The molecule has 0 spiro atoms. The Hall–Kier alpha value is -0.545. The molecule has 1 saturated carbocycles. The van der Waals surface area contributed by atoms with Crippen LogP contribution >= 0.6 is 0 Å². The van der Waals surface area contributed by atoms with Gasteiger partial charge in [0.15, 0.2) is 0 Å². The van der Waals surface area contributed by atoms with E-state index in [-0.39, 0.29) is 40.6 Å². The van der Waals surface area contributed by atoms with Crippen molar-refractivity contribution in [3.63, 3.8) is 0 Å². The molecule has 2 fully saturated rings. The summed E-state index contributed by atoms with van der Waals surface area (Å²) in [5, 5.41) is 3.30. The Morgan fingerprint density at radius 2 is 1.56 bits per heavy atom. The molecule has 0 aromatic rings. The van der Waals surface area contributed by atoms with E-state index >= 15 is 0 Å². The number of carbonyl (C=O) groups is 1. The summed E-state index contributed by atoms with van der Waals surface area (Å²) >= 11 is 0. The molecule has 0 radical (unpaired) electrons. The molecule has 0 bridgehead atoms. The highest BCUT2D eigenvalue weighted by atomic mass is 16.7. The summed E-state index contributed by atoms with van der Waals surface area (Å²) in [6.45, 7) is 19.1. The van der Waals surface area contributed by atoms with E-state index in [1.165, 1.54) is 0 Å². The lowest BCUT2D eigenvalue weighted by molar-refractivity contribution is -0.122. The van der Waals surface area contributed by atoms with Crippen molar-refractivity contribution in [1.82, 2.24) is 5.32 Å². The fraction of sp³-hybridized carbons (Fsp3) is 0.950. The van der Waals surface area contributed by atoms with Gasteiger partial charge in [-0.25, -0.2) is 0 Å². The van der Waals surface area contributed by atoms with Gasteiger partial charge in [0.1, 0.15) is 0 Å².